The number of hydrogen-bond donors (Lipinski definition) is 1. The van der Waals surface area contributed by atoms with Gasteiger partial charge in [0.25, 0.3) is 0 Å². The second kappa shape index (κ2) is 5.00. The number of aryl methyl sites for hydroxylation is 1. The molecule has 0 amide bonds. The first-order valence-electron chi connectivity index (χ1n) is 5.22. The molecule has 0 bridgehead atoms. The first-order valence-corrected chi connectivity index (χ1v) is 5.97. The normalized spacial score (nSPS) is 10.6. The highest BCUT2D eigenvalue weighted by Gasteiger charge is 2.21. The van der Waals surface area contributed by atoms with E-state index in [2.05, 4.69) is 4.98 Å². The molecule has 0 aliphatic carbocycles. The molecule has 18 heavy (non-hydrogen) atoms. The minimum Gasteiger partial charge on any atom is -0.475 e. The molecule has 0 radical (unpaired) electrons. The van der Waals surface area contributed by atoms with Gasteiger partial charge in [0.05, 0.1) is 21.3 Å². The van der Waals surface area contributed by atoms with Crippen molar-refractivity contribution in [3.8, 4) is 11.5 Å². The SMILES string of the molecule is CCc1nc(-c2c(Cl)cccc2Cl)oc1C(=O)O. The summed E-state index contributed by atoms with van der Waals surface area (Å²) in [6.07, 6.45) is 0.452. The van der Waals surface area contributed by atoms with Gasteiger partial charge in [-0.2, -0.15) is 0 Å². The fourth-order valence-corrected chi connectivity index (χ4v) is 2.13. The van der Waals surface area contributed by atoms with Crippen LogP contribution in [0, 0.1) is 0 Å². The minimum absolute atomic E-state index is 0.125. The van der Waals surface area contributed by atoms with Gasteiger partial charge in [-0.05, 0) is 18.6 Å². The van der Waals surface area contributed by atoms with E-state index < -0.39 is 5.97 Å². The molecule has 0 spiro atoms. The number of nitrogens with zero attached hydrogens (tertiary/aromatic N) is 1. The Morgan fingerprint density at radius 1 is 1.39 bits per heavy atom. The number of carbonyl (C=O) groups is 1. The van der Waals surface area contributed by atoms with Gasteiger partial charge in [-0.25, -0.2) is 9.78 Å². The van der Waals surface area contributed by atoms with E-state index in [-0.39, 0.29) is 11.7 Å². The van der Waals surface area contributed by atoms with Gasteiger partial charge in [-0.1, -0.05) is 36.2 Å². The third kappa shape index (κ3) is 2.21. The number of halogens is 2. The van der Waals surface area contributed by atoms with Crippen molar-refractivity contribution in [3.05, 3.63) is 39.7 Å². The van der Waals surface area contributed by atoms with Crippen molar-refractivity contribution in [2.45, 2.75) is 13.3 Å². The van der Waals surface area contributed by atoms with E-state index >= 15 is 0 Å². The first-order chi connectivity index (χ1) is 8.54. The third-order valence-electron chi connectivity index (χ3n) is 2.40. The molecule has 1 aromatic carbocycles. The van der Waals surface area contributed by atoms with Crippen molar-refractivity contribution in [3.63, 3.8) is 0 Å². The number of rotatable bonds is 3. The first kappa shape index (κ1) is 12.9. The van der Waals surface area contributed by atoms with Crippen LogP contribution in [0.2, 0.25) is 10.0 Å². The summed E-state index contributed by atoms with van der Waals surface area (Å²) >= 11 is 12.0. The predicted octanol–water partition coefficient (Wildman–Crippen LogP) is 3.91. The molecule has 0 saturated heterocycles. The molecular weight excluding hydrogens is 277 g/mol. The number of carboxylic acid groups (broad SMARTS) is 1. The number of benzene rings is 1. The molecule has 0 saturated carbocycles. The molecule has 1 heterocycles. The molecule has 4 nitrogen and oxygen atoms in total. The fraction of sp³-hybridized carbons (Fsp3) is 0.167. The Hall–Kier alpha value is -1.52. The number of carboxylic acids is 1. The topological polar surface area (TPSA) is 63.3 Å². The van der Waals surface area contributed by atoms with Crippen molar-refractivity contribution in [2.75, 3.05) is 0 Å². The quantitative estimate of drug-likeness (QED) is 0.929. The number of aromatic carboxylic acids is 1. The van der Waals surface area contributed by atoms with Gasteiger partial charge in [-0.15, -0.1) is 0 Å². The zero-order chi connectivity index (χ0) is 13.3. The summed E-state index contributed by atoms with van der Waals surface area (Å²) in [5.41, 5.74) is 0.775. The highest BCUT2D eigenvalue weighted by Crippen LogP contribution is 2.34. The van der Waals surface area contributed by atoms with E-state index in [0.717, 1.165) is 0 Å². The van der Waals surface area contributed by atoms with Gasteiger partial charge in [0.2, 0.25) is 11.7 Å². The summed E-state index contributed by atoms with van der Waals surface area (Å²) < 4.78 is 5.24. The number of aromatic nitrogens is 1. The molecule has 6 heteroatoms. The lowest BCUT2D eigenvalue weighted by Gasteiger charge is -2.01. The Morgan fingerprint density at radius 3 is 2.44 bits per heavy atom. The number of hydrogen-bond acceptors (Lipinski definition) is 3. The maximum atomic E-state index is 11.0. The van der Waals surface area contributed by atoms with Gasteiger partial charge in [0, 0.05) is 0 Å². The van der Waals surface area contributed by atoms with Crippen LogP contribution in [0.3, 0.4) is 0 Å². The maximum Gasteiger partial charge on any atom is 0.373 e. The maximum absolute atomic E-state index is 11.0. The Balaban J connectivity index is 2.62. The van der Waals surface area contributed by atoms with E-state index in [1.165, 1.54) is 0 Å². The molecule has 0 atom stereocenters. The summed E-state index contributed by atoms with van der Waals surface area (Å²) in [6, 6.07) is 4.97. The second-order valence-electron chi connectivity index (χ2n) is 3.55. The average Bonchev–Trinajstić information content (AvgIpc) is 2.73. The van der Waals surface area contributed by atoms with Crippen LogP contribution in [0.25, 0.3) is 11.5 Å². The molecule has 0 aliphatic rings. The van der Waals surface area contributed by atoms with Crippen LogP contribution in [-0.2, 0) is 6.42 Å². The standard InChI is InChI=1S/C12H9Cl2NO3/c1-2-8-10(12(16)17)18-11(15-8)9-6(13)4-3-5-7(9)14/h3-5H,2H2,1H3,(H,16,17). The molecule has 94 valence electrons. The van der Waals surface area contributed by atoms with Gasteiger partial charge < -0.3 is 9.52 Å². The van der Waals surface area contributed by atoms with Crippen LogP contribution in [0.1, 0.15) is 23.2 Å². The van der Waals surface area contributed by atoms with Crippen molar-refractivity contribution >= 4 is 29.2 Å². The van der Waals surface area contributed by atoms with Gasteiger partial charge in [0.15, 0.2) is 0 Å². The minimum atomic E-state index is -1.16. The summed E-state index contributed by atoms with van der Waals surface area (Å²) in [5, 5.41) is 9.72. The third-order valence-corrected chi connectivity index (χ3v) is 3.03. The summed E-state index contributed by atoms with van der Waals surface area (Å²) in [4.78, 5) is 15.1. The van der Waals surface area contributed by atoms with E-state index in [1.807, 2.05) is 0 Å². The van der Waals surface area contributed by atoms with Crippen molar-refractivity contribution in [2.24, 2.45) is 0 Å². The molecule has 1 aromatic heterocycles. The summed E-state index contributed by atoms with van der Waals surface area (Å²) in [6.45, 7) is 1.79. The van der Waals surface area contributed by atoms with Gasteiger partial charge in [0.1, 0.15) is 0 Å². The lowest BCUT2D eigenvalue weighted by molar-refractivity contribution is 0.0662. The molecule has 0 fully saturated rings. The lowest BCUT2D eigenvalue weighted by atomic mass is 10.2. The number of oxazole rings is 1. The monoisotopic (exact) mass is 285 g/mol. The smallest absolute Gasteiger partial charge is 0.373 e. The molecule has 2 rings (SSSR count). The van der Waals surface area contributed by atoms with E-state index in [9.17, 15) is 4.79 Å². The van der Waals surface area contributed by atoms with Gasteiger partial charge >= 0.3 is 5.97 Å². The zero-order valence-electron chi connectivity index (χ0n) is 9.41. The van der Waals surface area contributed by atoms with E-state index in [4.69, 9.17) is 32.7 Å². The Morgan fingerprint density at radius 2 is 2.00 bits per heavy atom. The highest BCUT2D eigenvalue weighted by atomic mass is 35.5. The molecule has 0 aliphatic heterocycles. The van der Waals surface area contributed by atoms with Crippen LogP contribution in [0.15, 0.2) is 22.6 Å². The summed E-state index contributed by atoms with van der Waals surface area (Å²) in [7, 11) is 0. The molecule has 0 unspecified atom stereocenters. The Bertz CT molecular complexity index is 587. The van der Waals surface area contributed by atoms with Crippen LogP contribution in [0.5, 0.6) is 0 Å². The van der Waals surface area contributed by atoms with E-state index in [0.29, 0.717) is 27.7 Å². The average molecular weight is 286 g/mol. The molecular formula is C12H9Cl2NO3. The highest BCUT2D eigenvalue weighted by molar-refractivity contribution is 6.38. The zero-order valence-corrected chi connectivity index (χ0v) is 10.9. The van der Waals surface area contributed by atoms with Crippen molar-refractivity contribution in [1.29, 1.82) is 0 Å². The van der Waals surface area contributed by atoms with E-state index in [1.54, 1.807) is 25.1 Å². The van der Waals surface area contributed by atoms with Crippen LogP contribution in [0.4, 0.5) is 0 Å². The fourth-order valence-electron chi connectivity index (χ4n) is 1.57. The summed E-state index contributed by atoms with van der Waals surface area (Å²) in [5.74, 6) is -1.21. The largest absolute Gasteiger partial charge is 0.475 e. The van der Waals surface area contributed by atoms with Crippen LogP contribution < -0.4 is 0 Å². The van der Waals surface area contributed by atoms with Gasteiger partial charge in [-0.3, -0.25) is 0 Å². The van der Waals surface area contributed by atoms with Crippen molar-refractivity contribution < 1.29 is 14.3 Å². The Labute approximate surface area is 113 Å². The predicted molar refractivity (Wildman–Crippen MR) is 68.3 cm³/mol. The second-order valence-corrected chi connectivity index (χ2v) is 4.36. The van der Waals surface area contributed by atoms with Crippen molar-refractivity contribution in [1.82, 2.24) is 4.98 Å². The molecule has 2 aromatic rings. The van der Waals surface area contributed by atoms with Crippen LogP contribution in [-0.4, -0.2) is 16.1 Å². The van der Waals surface area contributed by atoms with Crippen LogP contribution >= 0.6 is 23.2 Å². The molecule has 1 N–H and O–H groups in total. The Kier molecular flexibility index (Phi) is 3.59. The lowest BCUT2D eigenvalue weighted by Crippen LogP contribution is -1.98.